The Labute approximate surface area is 105 Å². The number of pyridine rings is 2. The van der Waals surface area contributed by atoms with Gasteiger partial charge in [-0.05, 0) is 11.6 Å². The van der Waals surface area contributed by atoms with Crippen molar-refractivity contribution >= 4 is 5.82 Å². The summed E-state index contributed by atoms with van der Waals surface area (Å²) < 4.78 is 0.719. The Bertz CT molecular complexity index is 599. The molecule has 0 N–H and O–H groups in total. The van der Waals surface area contributed by atoms with Crippen molar-refractivity contribution in [3.8, 4) is 17.2 Å². The molecule has 5 heteroatoms. The number of nitrogens with zero attached hydrogens (tertiary/aromatic N) is 4. The Balaban J connectivity index is 2.48. The van der Waals surface area contributed by atoms with Gasteiger partial charge in [-0.25, -0.2) is 4.98 Å². The minimum absolute atomic E-state index is 0.511. The van der Waals surface area contributed by atoms with Crippen LogP contribution in [-0.2, 0) is 0 Å². The Morgan fingerprint density at radius 1 is 1.28 bits per heavy atom. The van der Waals surface area contributed by atoms with E-state index in [0.29, 0.717) is 11.4 Å². The molecule has 0 bridgehead atoms. The van der Waals surface area contributed by atoms with Crippen molar-refractivity contribution in [3.63, 3.8) is 0 Å². The molecule has 0 aliphatic heterocycles. The van der Waals surface area contributed by atoms with Gasteiger partial charge in [-0.15, -0.1) is 0 Å². The average molecular weight is 240 g/mol. The van der Waals surface area contributed by atoms with Gasteiger partial charge in [0.25, 0.3) is 0 Å². The van der Waals surface area contributed by atoms with Gasteiger partial charge in [-0.3, -0.25) is 0 Å². The Morgan fingerprint density at radius 3 is 2.50 bits per heavy atom. The molecule has 2 heterocycles. The Hall–Kier alpha value is -2.61. The van der Waals surface area contributed by atoms with Crippen LogP contribution in [-0.4, -0.2) is 19.1 Å². The molecule has 0 spiro atoms. The van der Waals surface area contributed by atoms with Gasteiger partial charge >= 0.3 is 0 Å². The van der Waals surface area contributed by atoms with Crippen molar-refractivity contribution in [2.45, 2.75) is 0 Å². The van der Waals surface area contributed by atoms with Crippen molar-refractivity contribution in [2.75, 3.05) is 19.0 Å². The summed E-state index contributed by atoms with van der Waals surface area (Å²) in [6.07, 6.45) is 4.53. The van der Waals surface area contributed by atoms with Crippen molar-refractivity contribution in [1.29, 1.82) is 5.26 Å². The van der Waals surface area contributed by atoms with Crippen LogP contribution in [0.5, 0.6) is 0 Å². The minimum Gasteiger partial charge on any atom is -0.619 e. The lowest BCUT2D eigenvalue weighted by atomic mass is 10.1. The molecule has 2 rings (SSSR count). The SMILES string of the molecule is CN(C)c1ncc(-c2cc[n+]([O-])cc2)cc1C#N. The van der Waals surface area contributed by atoms with Crippen molar-refractivity contribution in [3.05, 3.63) is 47.6 Å². The number of rotatable bonds is 2. The molecule has 0 saturated carbocycles. The second-order valence-electron chi connectivity index (χ2n) is 4.05. The average Bonchev–Trinajstić information content (AvgIpc) is 2.38. The molecule has 0 radical (unpaired) electrons. The maximum absolute atomic E-state index is 11.0. The summed E-state index contributed by atoms with van der Waals surface area (Å²) in [5, 5.41) is 20.1. The van der Waals surface area contributed by atoms with Crippen LogP contribution in [0, 0.1) is 16.5 Å². The van der Waals surface area contributed by atoms with Gasteiger partial charge in [-0.2, -0.15) is 9.99 Å². The fourth-order valence-electron chi connectivity index (χ4n) is 1.66. The monoisotopic (exact) mass is 240 g/mol. The summed E-state index contributed by atoms with van der Waals surface area (Å²) in [5.74, 6) is 0.635. The molecule has 2 aromatic heterocycles. The summed E-state index contributed by atoms with van der Waals surface area (Å²) in [6, 6.07) is 7.29. The molecule has 90 valence electrons. The van der Waals surface area contributed by atoms with E-state index >= 15 is 0 Å². The first-order valence-electron chi connectivity index (χ1n) is 5.38. The minimum atomic E-state index is 0.511. The van der Waals surface area contributed by atoms with Gasteiger partial charge in [0.2, 0.25) is 0 Å². The smallest absolute Gasteiger partial charge is 0.180 e. The van der Waals surface area contributed by atoms with Gasteiger partial charge in [0.15, 0.2) is 12.4 Å². The molecule has 0 atom stereocenters. The first kappa shape index (κ1) is 11.9. The molecule has 0 aliphatic rings. The number of aromatic nitrogens is 2. The largest absolute Gasteiger partial charge is 0.619 e. The zero-order valence-corrected chi connectivity index (χ0v) is 10.2. The van der Waals surface area contributed by atoms with E-state index in [9.17, 15) is 5.21 Å². The van der Waals surface area contributed by atoms with Gasteiger partial charge in [0, 0.05) is 38.0 Å². The predicted octanol–water partition coefficient (Wildman–Crippen LogP) is 1.32. The lowest BCUT2D eigenvalue weighted by Gasteiger charge is -2.13. The van der Waals surface area contributed by atoms with E-state index in [1.807, 2.05) is 14.1 Å². The number of anilines is 1. The maximum atomic E-state index is 11.0. The second kappa shape index (κ2) is 4.72. The molecule has 0 amide bonds. The molecule has 18 heavy (non-hydrogen) atoms. The lowest BCUT2D eigenvalue weighted by molar-refractivity contribution is -0.605. The van der Waals surface area contributed by atoms with Crippen molar-refractivity contribution in [2.24, 2.45) is 0 Å². The molecule has 0 saturated heterocycles. The zero-order chi connectivity index (χ0) is 13.1. The molecule has 0 aromatic carbocycles. The van der Waals surface area contributed by atoms with Crippen LogP contribution in [0.25, 0.3) is 11.1 Å². The maximum Gasteiger partial charge on any atom is 0.180 e. The summed E-state index contributed by atoms with van der Waals surface area (Å²) in [6.45, 7) is 0. The third kappa shape index (κ3) is 2.23. The predicted molar refractivity (Wildman–Crippen MR) is 67.7 cm³/mol. The van der Waals surface area contributed by atoms with E-state index in [1.54, 1.807) is 29.3 Å². The second-order valence-corrected chi connectivity index (χ2v) is 4.05. The third-order valence-corrected chi connectivity index (χ3v) is 2.55. The van der Waals surface area contributed by atoms with Crippen LogP contribution in [0.2, 0.25) is 0 Å². The molecule has 0 unspecified atom stereocenters. The van der Waals surface area contributed by atoms with Crippen molar-refractivity contribution < 1.29 is 4.73 Å². The van der Waals surface area contributed by atoms with Crippen LogP contribution in [0.3, 0.4) is 0 Å². The highest BCUT2D eigenvalue weighted by Gasteiger charge is 2.08. The van der Waals surface area contributed by atoms with Gasteiger partial charge < -0.3 is 10.1 Å². The third-order valence-electron chi connectivity index (χ3n) is 2.55. The molecule has 0 fully saturated rings. The standard InChI is InChI=1S/C13H12N4O/c1-16(2)13-11(8-14)7-12(9-15-13)10-3-5-17(18)6-4-10/h3-7,9H,1-2H3. The van der Waals surface area contributed by atoms with E-state index in [4.69, 9.17) is 5.26 Å². The normalized spacial score (nSPS) is 9.83. The van der Waals surface area contributed by atoms with Gasteiger partial charge in [0.05, 0.1) is 5.56 Å². The van der Waals surface area contributed by atoms with E-state index in [0.717, 1.165) is 15.9 Å². The first-order valence-corrected chi connectivity index (χ1v) is 5.38. The number of hydrogen-bond acceptors (Lipinski definition) is 4. The van der Waals surface area contributed by atoms with E-state index < -0.39 is 0 Å². The molecule has 5 nitrogen and oxygen atoms in total. The van der Waals surface area contributed by atoms with E-state index in [1.165, 1.54) is 12.4 Å². The van der Waals surface area contributed by atoms with Crippen LogP contribution in [0.4, 0.5) is 5.82 Å². The van der Waals surface area contributed by atoms with Crippen LogP contribution >= 0.6 is 0 Å². The first-order chi connectivity index (χ1) is 8.61. The van der Waals surface area contributed by atoms with Crippen LogP contribution in [0.1, 0.15) is 5.56 Å². The summed E-state index contributed by atoms with van der Waals surface area (Å²) in [7, 11) is 3.68. The summed E-state index contributed by atoms with van der Waals surface area (Å²) in [4.78, 5) is 6.06. The van der Waals surface area contributed by atoms with Crippen LogP contribution in [0.15, 0.2) is 36.8 Å². The number of hydrogen-bond donors (Lipinski definition) is 0. The molecule has 2 aromatic rings. The van der Waals surface area contributed by atoms with Gasteiger partial charge in [0.1, 0.15) is 11.9 Å². The Morgan fingerprint density at radius 2 is 1.94 bits per heavy atom. The van der Waals surface area contributed by atoms with E-state index in [2.05, 4.69) is 11.1 Å². The fraction of sp³-hybridized carbons (Fsp3) is 0.154. The topological polar surface area (TPSA) is 66.9 Å². The molecule has 0 aliphatic carbocycles. The van der Waals surface area contributed by atoms with Gasteiger partial charge in [-0.1, -0.05) is 0 Å². The highest BCUT2D eigenvalue weighted by atomic mass is 16.5. The Kier molecular flexibility index (Phi) is 3.11. The highest BCUT2D eigenvalue weighted by molar-refractivity contribution is 5.67. The molecular formula is C13H12N4O. The quantitative estimate of drug-likeness (QED) is 0.586. The lowest BCUT2D eigenvalue weighted by Crippen LogP contribution is -2.23. The van der Waals surface area contributed by atoms with Crippen LogP contribution < -0.4 is 9.63 Å². The summed E-state index contributed by atoms with van der Waals surface area (Å²) >= 11 is 0. The number of nitriles is 1. The zero-order valence-electron chi connectivity index (χ0n) is 10.2. The summed E-state index contributed by atoms with van der Waals surface area (Å²) in [5.41, 5.74) is 2.19. The van der Waals surface area contributed by atoms with Crippen molar-refractivity contribution in [1.82, 2.24) is 4.98 Å². The highest BCUT2D eigenvalue weighted by Crippen LogP contribution is 2.22. The van der Waals surface area contributed by atoms with E-state index in [-0.39, 0.29) is 0 Å². The molecular weight excluding hydrogens is 228 g/mol. The fourth-order valence-corrected chi connectivity index (χ4v) is 1.66.